The minimum atomic E-state index is -0.672. The van der Waals surface area contributed by atoms with E-state index in [-0.39, 0.29) is 18.1 Å². The van der Waals surface area contributed by atoms with Crippen molar-refractivity contribution in [2.75, 3.05) is 0 Å². The number of halogens is 1. The zero-order chi connectivity index (χ0) is 21.7. The summed E-state index contributed by atoms with van der Waals surface area (Å²) in [5, 5.41) is 3.18. The maximum Gasteiger partial charge on any atom is 0.221 e. The van der Waals surface area contributed by atoms with Crippen LogP contribution in [0.1, 0.15) is 30.4 Å². The molecular formula is C26H23FN2O2. The van der Waals surface area contributed by atoms with Crippen LogP contribution < -0.4 is 5.32 Å². The highest BCUT2D eigenvalue weighted by molar-refractivity contribution is 5.78. The second-order valence-corrected chi connectivity index (χ2v) is 7.50. The van der Waals surface area contributed by atoms with Crippen LogP contribution in [0.5, 0.6) is 0 Å². The molecule has 0 aliphatic carbocycles. The number of hydrogen-bond donors (Lipinski definition) is 1. The van der Waals surface area contributed by atoms with E-state index in [0.717, 1.165) is 11.1 Å². The molecule has 4 aromatic rings. The summed E-state index contributed by atoms with van der Waals surface area (Å²) in [7, 11) is 0. The van der Waals surface area contributed by atoms with Gasteiger partial charge in [-0.2, -0.15) is 0 Å². The predicted molar refractivity (Wildman–Crippen MR) is 118 cm³/mol. The van der Waals surface area contributed by atoms with Gasteiger partial charge in [-0.25, -0.2) is 9.37 Å². The highest BCUT2D eigenvalue weighted by atomic mass is 19.1. The molecule has 3 aromatic carbocycles. The molecule has 31 heavy (non-hydrogen) atoms. The molecule has 0 aliphatic heterocycles. The summed E-state index contributed by atoms with van der Waals surface area (Å²) < 4.78 is 19.6. The van der Waals surface area contributed by atoms with Crippen molar-refractivity contribution < 1.29 is 13.6 Å². The Hall–Kier alpha value is -3.73. The molecule has 1 aromatic heterocycles. The molecule has 0 saturated heterocycles. The molecule has 5 heteroatoms. The minimum absolute atomic E-state index is 0.124. The van der Waals surface area contributed by atoms with E-state index in [9.17, 15) is 9.18 Å². The van der Waals surface area contributed by atoms with Gasteiger partial charge in [0.1, 0.15) is 5.82 Å². The summed E-state index contributed by atoms with van der Waals surface area (Å²) in [6.07, 6.45) is 2.01. The fraction of sp³-hybridized carbons (Fsp3) is 0.154. The number of nitrogens with zero attached hydrogens (tertiary/aromatic N) is 1. The standard InChI is InChI=1S/C26H23FN2O2/c1-26(19-10-4-2-5-11-19,20-12-6-3-7-13-20)29-24(30)16-17-25-28-18-23(31-25)21-14-8-9-15-22(21)27/h2-15,18H,16-17H2,1H3,(H,29,30). The second kappa shape index (κ2) is 8.96. The Kier molecular flexibility index (Phi) is 5.94. The van der Waals surface area contributed by atoms with Crippen LogP contribution in [0.3, 0.4) is 0 Å². The Morgan fingerprint density at radius 2 is 1.52 bits per heavy atom. The lowest BCUT2D eigenvalue weighted by molar-refractivity contribution is -0.122. The molecule has 1 heterocycles. The third-order valence-electron chi connectivity index (χ3n) is 5.35. The van der Waals surface area contributed by atoms with Crippen molar-refractivity contribution in [3.05, 3.63) is 114 Å². The largest absolute Gasteiger partial charge is 0.441 e. The van der Waals surface area contributed by atoms with E-state index in [1.54, 1.807) is 18.2 Å². The number of oxazole rings is 1. The van der Waals surface area contributed by atoms with Crippen LogP contribution in [-0.2, 0) is 16.8 Å². The van der Waals surface area contributed by atoms with E-state index in [2.05, 4.69) is 10.3 Å². The molecule has 0 aliphatic rings. The van der Waals surface area contributed by atoms with Crippen LogP contribution in [0.2, 0.25) is 0 Å². The van der Waals surface area contributed by atoms with Gasteiger partial charge in [0.15, 0.2) is 11.7 Å². The van der Waals surface area contributed by atoms with Crippen LogP contribution >= 0.6 is 0 Å². The van der Waals surface area contributed by atoms with Crippen LogP contribution in [0.15, 0.2) is 95.5 Å². The summed E-state index contributed by atoms with van der Waals surface area (Å²) in [6.45, 7) is 2.00. The number of benzene rings is 3. The van der Waals surface area contributed by atoms with Crippen LogP contribution in [0, 0.1) is 5.82 Å². The fourth-order valence-electron chi connectivity index (χ4n) is 3.63. The summed E-state index contributed by atoms with van der Waals surface area (Å²) >= 11 is 0. The van der Waals surface area contributed by atoms with Crippen LogP contribution in [-0.4, -0.2) is 10.9 Å². The lowest BCUT2D eigenvalue weighted by Crippen LogP contribution is -2.44. The third kappa shape index (κ3) is 4.56. The molecule has 0 atom stereocenters. The van der Waals surface area contributed by atoms with Crippen molar-refractivity contribution in [1.82, 2.24) is 10.3 Å². The highest BCUT2D eigenvalue weighted by Crippen LogP contribution is 2.29. The van der Waals surface area contributed by atoms with Gasteiger partial charge in [-0.3, -0.25) is 4.79 Å². The molecule has 0 fully saturated rings. The van der Waals surface area contributed by atoms with Crippen LogP contribution in [0.25, 0.3) is 11.3 Å². The maximum atomic E-state index is 14.0. The van der Waals surface area contributed by atoms with Gasteiger partial charge < -0.3 is 9.73 Å². The molecule has 1 amide bonds. The van der Waals surface area contributed by atoms with Crippen molar-refractivity contribution in [3.63, 3.8) is 0 Å². The lowest BCUT2D eigenvalue weighted by Gasteiger charge is -2.32. The van der Waals surface area contributed by atoms with Crippen molar-refractivity contribution in [1.29, 1.82) is 0 Å². The number of aromatic nitrogens is 1. The maximum absolute atomic E-state index is 14.0. The normalized spacial score (nSPS) is 11.3. The molecule has 156 valence electrons. The number of carbonyl (C=O) groups is 1. The molecule has 4 rings (SSSR count). The van der Waals surface area contributed by atoms with Crippen molar-refractivity contribution >= 4 is 5.91 Å². The summed E-state index contributed by atoms with van der Waals surface area (Å²) in [5.74, 6) is 0.256. The predicted octanol–water partition coefficient (Wildman–Crippen LogP) is 5.49. The monoisotopic (exact) mass is 414 g/mol. The van der Waals surface area contributed by atoms with Gasteiger partial charge in [-0.1, -0.05) is 72.8 Å². The average Bonchev–Trinajstić information content (AvgIpc) is 3.28. The van der Waals surface area contributed by atoms with E-state index < -0.39 is 5.54 Å². The molecular weight excluding hydrogens is 391 g/mol. The van der Waals surface area contributed by atoms with Gasteiger partial charge in [-0.05, 0) is 30.2 Å². The Morgan fingerprint density at radius 1 is 0.935 bits per heavy atom. The second-order valence-electron chi connectivity index (χ2n) is 7.50. The Balaban J connectivity index is 1.48. The molecule has 1 N–H and O–H groups in total. The number of nitrogens with one attached hydrogen (secondary N) is 1. The first-order chi connectivity index (χ1) is 15.1. The molecule has 0 radical (unpaired) electrons. The topological polar surface area (TPSA) is 55.1 Å². The van der Waals surface area contributed by atoms with Crippen molar-refractivity contribution in [3.8, 4) is 11.3 Å². The number of hydrogen-bond acceptors (Lipinski definition) is 3. The van der Waals surface area contributed by atoms with Gasteiger partial charge >= 0.3 is 0 Å². The van der Waals surface area contributed by atoms with Crippen molar-refractivity contribution in [2.24, 2.45) is 0 Å². The summed E-state index contributed by atoms with van der Waals surface area (Å²) in [6, 6.07) is 26.1. The quantitative estimate of drug-likeness (QED) is 0.435. The zero-order valence-corrected chi connectivity index (χ0v) is 17.2. The lowest BCUT2D eigenvalue weighted by atomic mass is 9.84. The smallest absolute Gasteiger partial charge is 0.221 e. The minimum Gasteiger partial charge on any atom is -0.441 e. The van der Waals surface area contributed by atoms with Gasteiger partial charge in [0.05, 0.1) is 17.3 Å². The number of carbonyl (C=O) groups excluding carboxylic acids is 1. The molecule has 0 saturated carbocycles. The first-order valence-corrected chi connectivity index (χ1v) is 10.2. The number of amides is 1. The first kappa shape index (κ1) is 20.5. The van der Waals surface area contributed by atoms with E-state index in [1.807, 2.05) is 67.6 Å². The molecule has 4 nitrogen and oxygen atoms in total. The van der Waals surface area contributed by atoms with Gasteiger partial charge in [0.25, 0.3) is 0 Å². The summed E-state index contributed by atoms with van der Waals surface area (Å²) in [4.78, 5) is 17.1. The molecule has 0 spiro atoms. The first-order valence-electron chi connectivity index (χ1n) is 10.2. The van der Waals surface area contributed by atoms with Gasteiger partial charge in [-0.15, -0.1) is 0 Å². The SMILES string of the molecule is CC(NC(=O)CCc1ncc(-c2ccccc2F)o1)(c1ccccc1)c1ccccc1. The van der Waals surface area contributed by atoms with E-state index >= 15 is 0 Å². The summed E-state index contributed by atoms with van der Waals surface area (Å²) in [5.41, 5.74) is 1.67. The van der Waals surface area contributed by atoms with Gasteiger partial charge in [0, 0.05) is 12.8 Å². The zero-order valence-electron chi connectivity index (χ0n) is 17.2. The fourth-order valence-corrected chi connectivity index (χ4v) is 3.63. The van der Waals surface area contributed by atoms with E-state index in [1.165, 1.54) is 12.3 Å². The van der Waals surface area contributed by atoms with Crippen molar-refractivity contribution in [2.45, 2.75) is 25.3 Å². The average molecular weight is 414 g/mol. The molecule has 0 unspecified atom stereocenters. The number of rotatable bonds is 7. The Bertz CT molecular complexity index is 1120. The van der Waals surface area contributed by atoms with Gasteiger partial charge in [0.2, 0.25) is 5.91 Å². The molecule has 0 bridgehead atoms. The highest BCUT2D eigenvalue weighted by Gasteiger charge is 2.30. The third-order valence-corrected chi connectivity index (χ3v) is 5.35. The Morgan fingerprint density at radius 3 is 2.13 bits per heavy atom. The Labute approximate surface area is 180 Å². The van der Waals surface area contributed by atoms with Crippen LogP contribution in [0.4, 0.5) is 4.39 Å². The van der Waals surface area contributed by atoms with E-state index in [0.29, 0.717) is 23.6 Å². The number of aryl methyl sites for hydroxylation is 1. The van der Waals surface area contributed by atoms with E-state index in [4.69, 9.17) is 4.42 Å².